The Morgan fingerprint density at radius 1 is 1.17 bits per heavy atom. The molecule has 2 atom stereocenters. The van der Waals surface area contributed by atoms with Crippen molar-refractivity contribution in [1.29, 1.82) is 5.26 Å². The Morgan fingerprint density at radius 2 is 1.87 bits per heavy atom. The lowest BCUT2D eigenvalue weighted by Crippen LogP contribution is -2.40. The second-order valence-corrected chi connectivity index (χ2v) is 8.61. The quantitative estimate of drug-likeness (QED) is 0.813. The van der Waals surface area contributed by atoms with Crippen molar-refractivity contribution in [2.75, 3.05) is 23.3 Å². The minimum absolute atomic E-state index is 0.270. The molecule has 2 aromatic rings. The largest absolute Gasteiger partial charge is 0.342 e. The van der Waals surface area contributed by atoms with E-state index in [1.807, 2.05) is 29.2 Å². The van der Waals surface area contributed by atoms with Crippen molar-refractivity contribution in [2.45, 2.75) is 45.4 Å². The molecule has 0 aliphatic carbocycles. The molecule has 0 radical (unpaired) electrons. The molecular formula is C23H27N5O2. The van der Waals surface area contributed by atoms with Gasteiger partial charge in [0.25, 0.3) is 5.56 Å². The predicted octanol–water partition coefficient (Wildman–Crippen LogP) is 3.18. The summed E-state index contributed by atoms with van der Waals surface area (Å²) in [5.41, 5.74) is 2.04. The highest BCUT2D eigenvalue weighted by Gasteiger charge is 2.40. The Kier molecular flexibility index (Phi) is 5.58. The Hall–Kier alpha value is -3.14. The number of aromatic amines is 1. The van der Waals surface area contributed by atoms with Gasteiger partial charge in [0.05, 0.1) is 11.6 Å². The van der Waals surface area contributed by atoms with Crippen LogP contribution < -0.4 is 15.8 Å². The maximum absolute atomic E-state index is 13.1. The van der Waals surface area contributed by atoms with E-state index in [0.717, 1.165) is 37.9 Å². The summed E-state index contributed by atoms with van der Waals surface area (Å²) < 4.78 is 0. The summed E-state index contributed by atoms with van der Waals surface area (Å²) in [6, 6.07) is 9.97. The molecule has 156 valence electrons. The van der Waals surface area contributed by atoms with Crippen LogP contribution in [-0.4, -0.2) is 29.0 Å². The fourth-order valence-electron chi connectivity index (χ4n) is 4.45. The first-order valence-corrected chi connectivity index (χ1v) is 10.7. The summed E-state index contributed by atoms with van der Waals surface area (Å²) >= 11 is 0. The Morgan fingerprint density at radius 3 is 2.50 bits per heavy atom. The summed E-state index contributed by atoms with van der Waals surface area (Å²) in [6.45, 7) is 5.98. The maximum Gasteiger partial charge on any atom is 0.258 e. The molecule has 0 bridgehead atoms. The third kappa shape index (κ3) is 3.82. The van der Waals surface area contributed by atoms with Crippen molar-refractivity contribution >= 4 is 17.7 Å². The highest BCUT2D eigenvalue weighted by Crippen LogP contribution is 2.38. The van der Waals surface area contributed by atoms with Crippen LogP contribution in [0.1, 0.15) is 55.7 Å². The third-order valence-electron chi connectivity index (χ3n) is 5.89. The van der Waals surface area contributed by atoms with Crippen molar-refractivity contribution in [3.8, 4) is 6.07 Å². The Labute approximate surface area is 176 Å². The molecule has 2 unspecified atom stereocenters. The van der Waals surface area contributed by atoms with Crippen molar-refractivity contribution in [3.63, 3.8) is 0 Å². The molecule has 4 rings (SSSR count). The van der Waals surface area contributed by atoms with Crippen LogP contribution in [0.4, 0.5) is 11.8 Å². The molecule has 3 heterocycles. The van der Waals surface area contributed by atoms with Gasteiger partial charge in [0.2, 0.25) is 11.9 Å². The number of nitriles is 1. The fraction of sp³-hybridized carbons (Fsp3) is 0.478. The Balaban J connectivity index is 1.76. The predicted molar refractivity (Wildman–Crippen MR) is 115 cm³/mol. The third-order valence-corrected chi connectivity index (χ3v) is 5.89. The van der Waals surface area contributed by atoms with Crippen LogP contribution in [0, 0.1) is 23.2 Å². The van der Waals surface area contributed by atoms with Gasteiger partial charge in [-0.3, -0.25) is 14.6 Å². The van der Waals surface area contributed by atoms with Crippen molar-refractivity contribution in [2.24, 2.45) is 11.8 Å². The Bertz CT molecular complexity index is 1030. The first-order chi connectivity index (χ1) is 14.5. The molecule has 0 spiro atoms. The van der Waals surface area contributed by atoms with E-state index in [1.54, 1.807) is 0 Å². The van der Waals surface area contributed by atoms with E-state index in [9.17, 15) is 14.9 Å². The number of carbonyl (C=O) groups is 1. The number of hydrogen-bond acceptors (Lipinski definition) is 5. The average Bonchev–Trinajstić information content (AvgIpc) is 2.73. The smallest absolute Gasteiger partial charge is 0.258 e. The maximum atomic E-state index is 13.1. The van der Waals surface area contributed by atoms with E-state index in [0.29, 0.717) is 17.4 Å². The zero-order valence-electron chi connectivity index (χ0n) is 17.4. The van der Waals surface area contributed by atoms with Gasteiger partial charge in [-0.2, -0.15) is 10.2 Å². The molecule has 2 aliphatic rings. The SMILES string of the molecule is CC(C)Cc1ccc(C2c3c(nc(N4CCCCC4)[nH]c3=O)NC(=O)C2C#N)cc1. The number of fused-ring (bicyclic) bond motifs is 1. The van der Waals surface area contributed by atoms with E-state index in [1.165, 1.54) is 12.0 Å². The van der Waals surface area contributed by atoms with Gasteiger partial charge in [-0.1, -0.05) is 38.1 Å². The van der Waals surface area contributed by atoms with Gasteiger partial charge in [0.15, 0.2) is 0 Å². The van der Waals surface area contributed by atoms with Crippen molar-refractivity contribution in [1.82, 2.24) is 9.97 Å². The number of anilines is 2. The summed E-state index contributed by atoms with van der Waals surface area (Å²) in [6.07, 6.45) is 4.22. The highest BCUT2D eigenvalue weighted by molar-refractivity contribution is 5.97. The molecule has 2 aliphatic heterocycles. The minimum Gasteiger partial charge on any atom is -0.342 e. The normalized spacial score (nSPS) is 21.1. The summed E-state index contributed by atoms with van der Waals surface area (Å²) in [4.78, 5) is 35.3. The zero-order chi connectivity index (χ0) is 21.3. The standard InChI is InChI=1S/C23H27N5O2/c1-14(2)12-15-6-8-16(9-7-15)18-17(13-24)21(29)25-20-19(18)22(30)27-23(26-20)28-10-4-3-5-11-28/h6-9,14,17-18H,3-5,10-12H2,1-2H3,(H2,25,26,27,29,30). The van der Waals surface area contributed by atoms with Crippen molar-refractivity contribution < 1.29 is 4.79 Å². The number of amides is 1. The van der Waals surface area contributed by atoms with Gasteiger partial charge in [-0.25, -0.2) is 0 Å². The molecule has 0 saturated carbocycles. The van der Waals surface area contributed by atoms with E-state index in [4.69, 9.17) is 0 Å². The lowest BCUT2D eigenvalue weighted by molar-refractivity contribution is -0.119. The number of nitrogens with one attached hydrogen (secondary N) is 2. The monoisotopic (exact) mass is 405 g/mol. The number of hydrogen-bond donors (Lipinski definition) is 2. The van der Waals surface area contributed by atoms with E-state index in [2.05, 4.69) is 35.2 Å². The van der Waals surface area contributed by atoms with Crippen LogP contribution in [0.5, 0.6) is 0 Å². The zero-order valence-corrected chi connectivity index (χ0v) is 17.4. The van der Waals surface area contributed by atoms with Crippen molar-refractivity contribution in [3.05, 3.63) is 51.3 Å². The average molecular weight is 406 g/mol. The van der Waals surface area contributed by atoms with Crippen LogP contribution in [0.3, 0.4) is 0 Å². The minimum atomic E-state index is -0.975. The first-order valence-electron chi connectivity index (χ1n) is 10.7. The number of rotatable bonds is 4. The molecule has 7 nitrogen and oxygen atoms in total. The van der Waals surface area contributed by atoms with Crippen LogP contribution in [-0.2, 0) is 11.2 Å². The molecule has 30 heavy (non-hydrogen) atoms. The number of carbonyl (C=O) groups excluding carboxylic acids is 1. The summed E-state index contributed by atoms with van der Waals surface area (Å²) in [7, 11) is 0. The molecular weight excluding hydrogens is 378 g/mol. The molecule has 1 aromatic carbocycles. The van der Waals surface area contributed by atoms with E-state index >= 15 is 0 Å². The highest BCUT2D eigenvalue weighted by atomic mass is 16.2. The molecule has 1 amide bonds. The van der Waals surface area contributed by atoms with Gasteiger partial charge in [0.1, 0.15) is 11.7 Å². The summed E-state index contributed by atoms with van der Waals surface area (Å²) in [5.74, 6) is -0.740. The number of aromatic nitrogens is 2. The molecule has 2 N–H and O–H groups in total. The number of benzene rings is 1. The van der Waals surface area contributed by atoms with Gasteiger partial charge >= 0.3 is 0 Å². The van der Waals surface area contributed by atoms with Gasteiger partial charge < -0.3 is 10.2 Å². The van der Waals surface area contributed by atoms with Crippen LogP contribution in [0.15, 0.2) is 29.1 Å². The van der Waals surface area contributed by atoms with E-state index in [-0.39, 0.29) is 11.4 Å². The van der Waals surface area contributed by atoms with Gasteiger partial charge in [-0.05, 0) is 42.7 Å². The fourth-order valence-corrected chi connectivity index (χ4v) is 4.45. The van der Waals surface area contributed by atoms with Crippen LogP contribution in [0.2, 0.25) is 0 Å². The molecule has 1 fully saturated rings. The number of piperidine rings is 1. The number of H-pyrrole nitrogens is 1. The van der Waals surface area contributed by atoms with Crippen LogP contribution >= 0.6 is 0 Å². The van der Waals surface area contributed by atoms with Gasteiger partial charge in [-0.15, -0.1) is 0 Å². The lowest BCUT2D eigenvalue weighted by Gasteiger charge is -2.31. The molecule has 1 saturated heterocycles. The first kappa shape index (κ1) is 20.1. The second-order valence-electron chi connectivity index (χ2n) is 8.61. The van der Waals surface area contributed by atoms with Crippen LogP contribution in [0.25, 0.3) is 0 Å². The summed E-state index contributed by atoms with van der Waals surface area (Å²) in [5, 5.41) is 12.4. The molecule has 1 aromatic heterocycles. The van der Waals surface area contributed by atoms with E-state index < -0.39 is 17.7 Å². The van der Waals surface area contributed by atoms with Gasteiger partial charge in [0, 0.05) is 19.0 Å². The number of nitrogens with zero attached hydrogens (tertiary/aromatic N) is 3. The topological polar surface area (TPSA) is 102 Å². The lowest BCUT2D eigenvalue weighted by atomic mass is 9.79. The molecule has 7 heteroatoms. The second kappa shape index (κ2) is 8.31.